The summed E-state index contributed by atoms with van der Waals surface area (Å²) in [5, 5.41) is 9.43. The Morgan fingerprint density at radius 1 is 1.25 bits per heavy atom. The third-order valence-electron chi connectivity index (χ3n) is 4.62. The lowest BCUT2D eigenvalue weighted by Gasteiger charge is -2.46. The fraction of sp³-hybridized carbons (Fsp3) is 0.643. The number of H-pyrrole nitrogens is 1. The fourth-order valence-electron chi connectivity index (χ4n) is 3.68. The normalized spacial score (nSPS) is 29.8. The molecule has 1 aliphatic heterocycles. The molecule has 0 aromatic carbocycles. The minimum Gasteiger partial charge on any atom is -0.480 e. The highest BCUT2D eigenvalue weighted by Crippen LogP contribution is 2.38. The molecule has 0 radical (unpaired) electrons. The molecule has 3 atom stereocenters. The third-order valence-corrected chi connectivity index (χ3v) is 4.62. The number of aromatic amines is 1. The van der Waals surface area contributed by atoms with E-state index in [4.69, 9.17) is 0 Å². The zero-order valence-electron chi connectivity index (χ0n) is 11.3. The molecule has 108 valence electrons. The molecular weight excluding hydrogens is 258 g/mol. The summed E-state index contributed by atoms with van der Waals surface area (Å²) in [7, 11) is 0. The summed E-state index contributed by atoms with van der Waals surface area (Å²) >= 11 is 0. The molecule has 3 unspecified atom stereocenters. The van der Waals surface area contributed by atoms with Gasteiger partial charge < -0.3 is 15.0 Å². The van der Waals surface area contributed by atoms with Crippen LogP contribution in [-0.4, -0.2) is 43.9 Å². The number of carbonyl (C=O) groups excluding carboxylic acids is 1. The lowest BCUT2D eigenvalue weighted by molar-refractivity contribution is -0.146. The highest BCUT2D eigenvalue weighted by Gasteiger charge is 2.44. The number of imidazole rings is 1. The van der Waals surface area contributed by atoms with Gasteiger partial charge in [0.25, 0.3) is 5.91 Å². The number of piperidine rings is 1. The van der Waals surface area contributed by atoms with Crippen LogP contribution >= 0.6 is 0 Å². The molecule has 1 saturated heterocycles. The van der Waals surface area contributed by atoms with Gasteiger partial charge >= 0.3 is 5.97 Å². The molecule has 1 amide bonds. The SMILES string of the molecule is O=C(O)C1CCC2CCCCC2N1C(=O)c1cnc[nH]1. The van der Waals surface area contributed by atoms with Crippen molar-refractivity contribution < 1.29 is 14.7 Å². The number of nitrogens with one attached hydrogen (secondary N) is 1. The van der Waals surface area contributed by atoms with Crippen molar-refractivity contribution in [1.29, 1.82) is 0 Å². The van der Waals surface area contributed by atoms with E-state index in [-0.39, 0.29) is 11.9 Å². The molecular formula is C14H19N3O3. The number of carboxylic acid groups (broad SMARTS) is 1. The topological polar surface area (TPSA) is 86.3 Å². The lowest BCUT2D eigenvalue weighted by atomic mass is 9.76. The zero-order valence-corrected chi connectivity index (χ0v) is 11.3. The second kappa shape index (κ2) is 5.26. The van der Waals surface area contributed by atoms with E-state index < -0.39 is 12.0 Å². The van der Waals surface area contributed by atoms with E-state index in [1.165, 1.54) is 18.9 Å². The molecule has 2 aliphatic rings. The number of carbonyl (C=O) groups is 2. The molecule has 2 fully saturated rings. The van der Waals surface area contributed by atoms with Crippen LogP contribution in [0.4, 0.5) is 0 Å². The molecule has 1 saturated carbocycles. The van der Waals surface area contributed by atoms with Gasteiger partial charge in [0.1, 0.15) is 11.7 Å². The maximum absolute atomic E-state index is 12.6. The molecule has 20 heavy (non-hydrogen) atoms. The van der Waals surface area contributed by atoms with E-state index in [1.807, 2.05) is 0 Å². The zero-order chi connectivity index (χ0) is 14.1. The van der Waals surface area contributed by atoms with Crippen molar-refractivity contribution in [2.45, 2.75) is 50.6 Å². The van der Waals surface area contributed by atoms with Crippen LogP contribution in [0.5, 0.6) is 0 Å². The van der Waals surface area contributed by atoms with Gasteiger partial charge in [-0.3, -0.25) is 4.79 Å². The van der Waals surface area contributed by atoms with Crippen LogP contribution in [-0.2, 0) is 4.79 Å². The van der Waals surface area contributed by atoms with Crippen molar-refractivity contribution in [3.05, 3.63) is 18.2 Å². The number of nitrogens with zero attached hydrogens (tertiary/aromatic N) is 2. The Morgan fingerprint density at radius 2 is 2.05 bits per heavy atom. The summed E-state index contributed by atoms with van der Waals surface area (Å²) in [6.45, 7) is 0. The number of rotatable bonds is 2. The van der Waals surface area contributed by atoms with Gasteiger partial charge in [-0.1, -0.05) is 12.8 Å². The standard InChI is InChI=1S/C14H19N3O3/c18-13(10-7-15-8-16-10)17-11-4-2-1-3-9(11)5-6-12(17)14(19)20/h7-9,11-12H,1-6H2,(H,15,16)(H,19,20). The van der Waals surface area contributed by atoms with Crippen LogP contribution in [0.25, 0.3) is 0 Å². The van der Waals surface area contributed by atoms with Crippen LogP contribution in [0.3, 0.4) is 0 Å². The fourth-order valence-corrected chi connectivity index (χ4v) is 3.68. The highest BCUT2D eigenvalue weighted by molar-refractivity contribution is 5.95. The second-order valence-corrected chi connectivity index (χ2v) is 5.72. The average Bonchev–Trinajstić information content (AvgIpc) is 2.99. The van der Waals surface area contributed by atoms with Gasteiger partial charge in [-0.05, 0) is 31.6 Å². The van der Waals surface area contributed by atoms with E-state index in [2.05, 4.69) is 9.97 Å². The number of hydrogen-bond donors (Lipinski definition) is 2. The van der Waals surface area contributed by atoms with Crippen LogP contribution in [0.2, 0.25) is 0 Å². The molecule has 1 aliphatic carbocycles. The maximum atomic E-state index is 12.6. The first-order chi connectivity index (χ1) is 9.68. The maximum Gasteiger partial charge on any atom is 0.326 e. The Balaban J connectivity index is 1.91. The van der Waals surface area contributed by atoms with Gasteiger partial charge in [-0.15, -0.1) is 0 Å². The Bertz CT molecular complexity index is 500. The Kier molecular flexibility index (Phi) is 3.46. The van der Waals surface area contributed by atoms with Gasteiger partial charge in [-0.25, -0.2) is 9.78 Å². The average molecular weight is 277 g/mol. The number of aliphatic carboxylic acids is 1. The van der Waals surface area contributed by atoms with Crippen molar-refractivity contribution in [3.8, 4) is 0 Å². The van der Waals surface area contributed by atoms with E-state index in [1.54, 1.807) is 4.90 Å². The van der Waals surface area contributed by atoms with Gasteiger partial charge in [0.2, 0.25) is 0 Å². The van der Waals surface area contributed by atoms with Gasteiger partial charge in [0, 0.05) is 6.04 Å². The van der Waals surface area contributed by atoms with E-state index >= 15 is 0 Å². The predicted molar refractivity (Wildman–Crippen MR) is 71.2 cm³/mol. The van der Waals surface area contributed by atoms with Crippen LogP contribution in [0.1, 0.15) is 49.0 Å². The van der Waals surface area contributed by atoms with Gasteiger partial charge in [0.15, 0.2) is 0 Å². The largest absolute Gasteiger partial charge is 0.480 e. The first-order valence-electron chi connectivity index (χ1n) is 7.22. The summed E-state index contributed by atoms with van der Waals surface area (Å²) in [5.74, 6) is -0.681. The van der Waals surface area contributed by atoms with Crippen molar-refractivity contribution in [1.82, 2.24) is 14.9 Å². The number of aromatic nitrogens is 2. The van der Waals surface area contributed by atoms with Crippen molar-refractivity contribution in [3.63, 3.8) is 0 Å². The van der Waals surface area contributed by atoms with E-state index in [0.29, 0.717) is 18.0 Å². The summed E-state index contributed by atoms with van der Waals surface area (Å²) < 4.78 is 0. The van der Waals surface area contributed by atoms with E-state index in [9.17, 15) is 14.7 Å². The summed E-state index contributed by atoms with van der Waals surface area (Å²) in [4.78, 5) is 32.4. The van der Waals surface area contributed by atoms with Crippen molar-refractivity contribution in [2.75, 3.05) is 0 Å². The first-order valence-corrected chi connectivity index (χ1v) is 7.22. The predicted octanol–water partition coefficient (Wildman–Crippen LogP) is 1.66. The second-order valence-electron chi connectivity index (χ2n) is 5.72. The smallest absolute Gasteiger partial charge is 0.326 e. The van der Waals surface area contributed by atoms with Crippen LogP contribution in [0.15, 0.2) is 12.5 Å². The molecule has 0 spiro atoms. The summed E-state index contributed by atoms with van der Waals surface area (Å²) in [6, 6.07) is -0.639. The molecule has 6 nitrogen and oxygen atoms in total. The number of carboxylic acids is 1. The van der Waals surface area contributed by atoms with Gasteiger partial charge in [0.05, 0.1) is 12.5 Å². The molecule has 1 aromatic heterocycles. The lowest BCUT2D eigenvalue weighted by Crippen LogP contribution is -2.57. The molecule has 0 bridgehead atoms. The minimum absolute atomic E-state index is 0.0643. The Labute approximate surface area is 117 Å². The third kappa shape index (κ3) is 2.19. The Hall–Kier alpha value is -1.85. The summed E-state index contributed by atoms with van der Waals surface area (Å²) in [5.41, 5.74) is 0.377. The Morgan fingerprint density at radius 3 is 2.75 bits per heavy atom. The van der Waals surface area contributed by atoms with E-state index in [0.717, 1.165) is 25.7 Å². The molecule has 3 rings (SSSR count). The van der Waals surface area contributed by atoms with Crippen LogP contribution in [0, 0.1) is 5.92 Å². The molecule has 2 N–H and O–H groups in total. The summed E-state index contributed by atoms with van der Waals surface area (Å²) in [6.07, 6.45) is 8.65. The van der Waals surface area contributed by atoms with Gasteiger partial charge in [-0.2, -0.15) is 0 Å². The number of likely N-dealkylation sites (tertiary alicyclic amines) is 1. The molecule has 6 heteroatoms. The highest BCUT2D eigenvalue weighted by atomic mass is 16.4. The molecule has 2 heterocycles. The number of fused-ring (bicyclic) bond motifs is 1. The number of amides is 1. The molecule has 1 aromatic rings. The monoisotopic (exact) mass is 277 g/mol. The van der Waals surface area contributed by atoms with Crippen LogP contribution < -0.4 is 0 Å². The van der Waals surface area contributed by atoms with Crippen molar-refractivity contribution in [2.24, 2.45) is 5.92 Å². The van der Waals surface area contributed by atoms with Crippen molar-refractivity contribution >= 4 is 11.9 Å². The quantitative estimate of drug-likeness (QED) is 0.860. The minimum atomic E-state index is -0.901. The first kappa shape index (κ1) is 13.1. The number of hydrogen-bond acceptors (Lipinski definition) is 3.